The Hall–Kier alpha value is -2.13. The number of nitrogens with two attached hydrogens (primary N) is 1. The zero-order valence-corrected chi connectivity index (χ0v) is 13.4. The molecule has 22 heavy (non-hydrogen) atoms. The quantitative estimate of drug-likeness (QED) is 0.889. The molecule has 2 N–H and O–H groups in total. The van der Waals surface area contributed by atoms with Gasteiger partial charge in [-0.2, -0.15) is 0 Å². The molecule has 0 saturated heterocycles. The van der Waals surface area contributed by atoms with Gasteiger partial charge in [0, 0.05) is 18.7 Å². The second-order valence-electron chi connectivity index (χ2n) is 5.65. The lowest BCUT2D eigenvalue weighted by atomic mass is 10.1. The summed E-state index contributed by atoms with van der Waals surface area (Å²) in [6.07, 6.45) is 0.809. The Morgan fingerprint density at radius 2 is 1.77 bits per heavy atom. The summed E-state index contributed by atoms with van der Waals surface area (Å²) in [7, 11) is 0. The van der Waals surface area contributed by atoms with Crippen LogP contribution in [0.5, 0.6) is 0 Å². The fraction of sp³-hybridized carbons (Fsp3) is 0.316. The van der Waals surface area contributed by atoms with Gasteiger partial charge in [-0.05, 0) is 55.6 Å². The first-order valence-electron chi connectivity index (χ1n) is 7.72. The first kappa shape index (κ1) is 16.2. The molecule has 0 atom stereocenters. The maximum absolute atomic E-state index is 12.8. The highest BCUT2D eigenvalue weighted by atomic mass is 16.2. The van der Waals surface area contributed by atoms with E-state index in [9.17, 15) is 4.79 Å². The van der Waals surface area contributed by atoms with Crippen LogP contribution in [-0.2, 0) is 6.54 Å². The van der Waals surface area contributed by atoms with Gasteiger partial charge in [0.1, 0.15) is 0 Å². The van der Waals surface area contributed by atoms with Gasteiger partial charge in [-0.1, -0.05) is 36.4 Å². The molecule has 3 heteroatoms. The van der Waals surface area contributed by atoms with E-state index < -0.39 is 0 Å². The number of rotatable bonds is 6. The van der Waals surface area contributed by atoms with Crippen LogP contribution < -0.4 is 5.73 Å². The number of hydrogen-bond acceptors (Lipinski definition) is 2. The summed E-state index contributed by atoms with van der Waals surface area (Å²) >= 11 is 0. The van der Waals surface area contributed by atoms with Crippen molar-refractivity contribution < 1.29 is 4.79 Å². The molecule has 2 aromatic rings. The van der Waals surface area contributed by atoms with Crippen LogP contribution in [0.4, 0.5) is 0 Å². The molecule has 2 aromatic carbocycles. The van der Waals surface area contributed by atoms with Crippen LogP contribution in [0.1, 0.15) is 33.5 Å². The Labute approximate surface area is 132 Å². The lowest BCUT2D eigenvalue weighted by Gasteiger charge is -2.23. The number of carbonyl (C=O) groups excluding carboxylic acids is 1. The minimum atomic E-state index is 0.0698. The number of benzene rings is 2. The zero-order chi connectivity index (χ0) is 15.9. The molecule has 0 aliphatic rings. The van der Waals surface area contributed by atoms with Gasteiger partial charge in [0.15, 0.2) is 0 Å². The van der Waals surface area contributed by atoms with Crippen LogP contribution in [0, 0.1) is 13.8 Å². The van der Waals surface area contributed by atoms with E-state index in [1.54, 1.807) is 0 Å². The van der Waals surface area contributed by atoms with E-state index in [0.717, 1.165) is 23.1 Å². The molecule has 0 unspecified atom stereocenters. The van der Waals surface area contributed by atoms with Crippen molar-refractivity contribution in [2.24, 2.45) is 5.73 Å². The smallest absolute Gasteiger partial charge is 0.254 e. The fourth-order valence-electron chi connectivity index (χ4n) is 2.40. The average Bonchev–Trinajstić information content (AvgIpc) is 2.54. The molecular formula is C19H24N2O. The standard InChI is InChI=1S/C19H24N2O/c1-15-9-10-18(13-16(15)2)19(22)21(12-6-11-20)14-17-7-4-3-5-8-17/h3-5,7-10,13H,6,11-12,14,20H2,1-2H3. The van der Waals surface area contributed by atoms with Gasteiger partial charge >= 0.3 is 0 Å². The van der Waals surface area contributed by atoms with Gasteiger partial charge in [0.2, 0.25) is 0 Å². The van der Waals surface area contributed by atoms with Crippen LogP contribution >= 0.6 is 0 Å². The van der Waals surface area contributed by atoms with Gasteiger partial charge in [-0.25, -0.2) is 0 Å². The van der Waals surface area contributed by atoms with Crippen molar-refractivity contribution in [2.75, 3.05) is 13.1 Å². The van der Waals surface area contributed by atoms with Crippen molar-refractivity contribution in [1.82, 2.24) is 4.90 Å². The normalized spacial score (nSPS) is 10.5. The van der Waals surface area contributed by atoms with Crippen LogP contribution in [0.3, 0.4) is 0 Å². The number of amides is 1. The van der Waals surface area contributed by atoms with Crippen molar-refractivity contribution in [3.63, 3.8) is 0 Å². The van der Waals surface area contributed by atoms with Crippen LogP contribution in [0.25, 0.3) is 0 Å². The van der Waals surface area contributed by atoms with Crippen molar-refractivity contribution >= 4 is 5.91 Å². The molecule has 0 radical (unpaired) electrons. The Morgan fingerprint density at radius 3 is 2.41 bits per heavy atom. The second-order valence-corrected chi connectivity index (χ2v) is 5.65. The Balaban J connectivity index is 2.19. The van der Waals surface area contributed by atoms with Crippen molar-refractivity contribution in [3.05, 3.63) is 70.8 Å². The summed E-state index contributed by atoms with van der Waals surface area (Å²) in [5, 5.41) is 0. The summed E-state index contributed by atoms with van der Waals surface area (Å²) < 4.78 is 0. The van der Waals surface area contributed by atoms with Crippen LogP contribution in [-0.4, -0.2) is 23.9 Å². The molecule has 0 spiro atoms. The van der Waals surface area contributed by atoms with E-state index in [-0.39, 0.29) is 5.91 Å². The lowest BCUT2D eigenvalue weighted by molar-refractivity contribution is 0.0742. The summed E-state index contributed by atoms with van der Waals surface area (Å²) in [6.45, 7) is 5.97. The maximum atomic E-state index is 12.8. The molecule has 0 aromatic heterocycles. The second kappa shape index (κ2) is 7.76. The molecular weight excluding hydrogens is 272 g/mol. The highest BCUT2D eigenvalue weighted by Gasteiger charge is 2.16. The lowest BCUT2D eigenvalue weighted by Crippen LogP contribution is -2.32. The first-order chi connectivity index (χ1) is 10.6. The van der Waals surface area contributed by atoms with Crippen molar-refractivity contribution in [3.8, 4) is 0 Å². The van der Waals surface area contributed by atoms with Crippen molar-refractivity contribution in [1.29, 1.82) is 0 Å². The number of hydrogen-bond donors (Lipinski definition) is 1. The molecule has 0 heterocycles. The van der Waals surface area contributed by atoms with Crippen LogP contribution in [0.2, 0.25) is 0 Å². The first-order valence-corrected chi connectivity index (χ1v) is 7.72. The molecule has 3 nitrogen and oxygen atoms in total. The molecule has 0 fully saturated rings. The van der Waals surface area contributed by atoms with E-state index >= 15 is 0 Å². The van der Waals surface area contributed by atoms with Gasteiger partial charge in [-0.3, -0.25) is 4.79 Å². The third kappa shape index (κ3) is 4.18. The Morgan fingerprint density at radius 1 is 1.05 bits per heavy atom. The van der Waals surface area contributed by atoms with E-state index in [1.807, 2.05) is 60.4 Å². The summed E-state index contributed by atoms with van der Waals surface area (Å²) in [6, 6.07) is 16.0. The third-order valence-electron chi connectivity index (χ3n) is 3.89. The van der Waals surface area contributed by atoms with E-state index in [4.69, 9.17) is 5.73 Å². The Kier molecular flexibility index (Phi) is 5.73. The minimum Gasteiger partial charge on any atom is -0.334 e. The van der Waals surface area contributed by atoms with Crippen LogP contribution in [0.15, 0.2) is 48.5 Å². The van der Waals surface area contributed by atoms with E-state index in [0.29, 0.717) is 19.6 Å². The highest BCUT2D eigenvalue weighted by molar-refractivity contribution is 5.94. The molecule has 116 valence electrons. The minimum absolute atomic E-state index is 0.0698. The predicted octanol–water partition coefficient (Wildman–Crippen LogP) is 3.29. The molecule has 0 bridgehead atoms. The SMILES string of the molecule is Cc1ccc(C(=O)N(CCCN)Cc2ccccc2)cc1C. The summed E-state index contributed by atoms with van der Waals surface area (Å²) in [4.78, 5) is 14.7. The monoisotopic (exact) mass is 296 g/mol. The number of aryl methyl sites for hydroxylation is 2. The summed E-state index contributed by atoms with van der Waals surface area (Å²) in [5.41, 5.74) is 9.84. The molecule has 1 amide bonds. The van der Waals surface area contributed by atoms with Gasteiger partial charge < -0.3 is 10.6 Å². The van der Waals surface area contributed by atoms with Crippen molar-refractivity contribution in [2.45, 2.75) is 26.8 Å². The topological polar surface area (TPSA) is 46.3 Å². The largest absolute Gasteiger partial charge is 0.334 e. The molecule has 0 saturated carbocycles. The number of nitrogens with zero attached hydrogens (tertiary/aromatic N) is 1. The average molecular weight is 296 g/mol. The Bertz CT molecular complexity index is 623. The predicted molar refractivity (Wildman–Crippen MR) is 90.8 cm³/mol. The third-order valence-corrected chi connectivity index (χ3v) is 3.89. The zero-order valence-electron chi connectivity index (χ0n) is 13.4. The molecule has 2 rings (SSSR count). The highest BCUT2D eigenvalue weighted by Crippen LogP contribution is 2.14. The molecule has 0 aliphatic carbocycles. The maximum Gasteiger partial charge on any atom is 0.254 e. The van der Waals surface area contributed by atoms with Gasteiger partial charge in [0.25, 0.3) is 5.91 Å². The molecule has 0 aliphatic heterocycles. The van der Waals surface area contributed by atoms with Gasteiger partial charge in [-0.15, -0.1) is 0 Å². The summed E-state index contributed by atoms with van der Waals surface area (Å²) in [5.74, 6) is 0.0698. The van der Waals surface area contributed by atoms with E-state index in [1.165, 1.54) is 5.56 Å². The van der Waals surface area contributed by atoms with Gasteiger partial charge in [0.05, 0.1) is 0 Å². The fourth-order valence-corrected chi connectivity index (χ4v) is 2.40. The number of carbonyl (C=O) groups is 1. The van der Waals surface area contributed by atoms with E-state index in [2.05, 4.69) is 6.92 Å².